The number of aromatic nitrogens is 1. The quantitative estimate of drug-likeness (QED) is 0.749. The molecule has 0 spiro atoms. The molecule has 1 aromatic heterocycles. The summed E-state index contributed by atoms with van der Waals surface area (Å²) in [6.45, 7) is 1.79. The monoisotopic (exact) mass is 205 g/mol. The van der Waals surface area contributed by atoms with Crippen LogP contribution in [-0.4, -0.2) is 16.9 Å². The molecular weight excluding hydrogens is 194 g/mol. The van der Waals surface area contributed by atoms with E-state index in [1.807, 2.05) is 6.07 Å². The lowest BCUT2D eigenvalue weighted by molar-refractivity contribution is 0.0939. The number of hydrogen-bond acceptors (Lipinski definition) is 3. The van der Waals surface area contributed by atoms with E-state index in [1.165, 1.54) is 18.2 Å². The highest BCUT2D eigenvalue weighted by molar-refractivity contribution is 5.92. The van der Waals surface area contributed by atoms with E-state index in [0.717, 1.165) is 0 Å². The molecule has 2 N–H and O–H groups in total. The molecule has 0 saturated heterocycles. The van der Waals surface area contributed by atoms with Crippen molar-refractivity contribution in [3.05, 3.63) is 34.2 Å². The Labute approximate surface area is 86.7 Å². The maximum Gasteiger partial charge on any atom is 0.268 e. The molecule has 1 aromatic rings. The van der Waals surface area contributed by atoms with Gasteiger partial charge in [-0.25, -0.2) is 0 Å². The molecule has 1 rings (SSSR count). The largest absolute Gasteiger partial charge is 0.335 e. The van der Waals surface area contributed by atoms with Crippen molar-refractivity contribution in [1.82, 2.24) is 10.3 Å². The van der Waals surface area contributed by atoms with Crippen molar-refractivity contribution < 1.29 is 4.79 Å². The van der Waals surface area contributed by atoms with Crippen molar-refractivity contribution in [2.24, 2.45) is 0 Å². The normalized spacial score (nSPS) is 11.5. The first-order valence-corrected chi connectivity index (χ1v) is 4.57. The van der Waals surface area contributed by atoms with Crippen LogP contribution in [0.4, 0.5) is 0 Å². The van der Waals surface area contributed by atoms with Crippen LogP contribution in [0.5, 0.6) is 0 Å². The summed E-state index contributed by atoms with van der Waals surface area (Å²) < 4.78 is 0. The van der Waals surface area contributed by atoms with Crippen LogP contribution >= 0.6 is 0 Å². The Hall–Kier alpha value is -2.09. The molecule has 0 radical (unpaired) electrons. The van der Waals surface area contributed by atoms with E-state index in [9.17, 15) is 9.59 Å². The van der Waals surface area contributed by atoms with Gasteiger partial charge in [-0.05, 0) is 12.5 Å². The Morgan fingerprint density at radius 2 is 2.40 bits per heavy atom. The zero-order chi connectivity index (χ0) is 11.3. The highest BCUT2D eigenvalue weighted by Crippen LogP contribution is 1.94. The number of amides is 1. The van der Waals surface area contributed by atoms with E-state index in [4.69, 9.17) is 5.26 Å². The van der Waals surface area contributed by atoms with E-state index in [-0.39, 0.29) is 11.3 Å². The third-order valence-electron chi connectivity index (χ3n) is 1.88. The molecular formula is C10H11N3O2. The molecule has 0 fully saturated rings. The second kappa shape index (κ2) is 4.96. The number of rotatable bonds is 3. The lowest BCUT2D eigenvalue weighted by atomic mass is 10.2. The predicted molar refractivity (Wildman–Crippen MR) is 54.2 cm³/mol. The minimum atomic E-state index is -0.527. The van der Waals surface area contributed by atoms with Crippen molar-refractivity contribution in [2.45, 2.75) is 19.4 Å². The fourth-order valence-electron chi connectivity index (χ4n) is 1.04. The van der Waals surface area contributed by atoms with Crippen molar-refractivity contribution in [2.75, 3.05) is 0 Å². The summed E-state index contributed by atoms with van der Waals surface area (Å²) in [5.41, 5.74) is -0.177. The molecule has 1 unspecified atom stereocenters. The van der Waals surface area contributed by atoms with Gasteiger partial charge in [-0.1, -0.05) is 13.0 Å². The topological polar surface area (TPSA) is 85.8 Å². The fourth-order valence-corrected chi connectivity index (χ4v) is 1.04. The number of nitriles is 1. The molecule has 0 aliphatic carbocycles. The van der Waals surface area contributed by atoms with E-state index in [1.54, 1.807) is 6.92 Å². The Balaban J connectivity index is 2.78. The van der Waals surface area contributed by atoms with Crippen molar-refractivity contribution >= 4 is 5.91 Å². The van der Waals surface area contributed by atoms with Crippen molar-refractivity contribution in [3.63, 3.8) is 0 Å². The van der Waals surface area contributed by atoms with Crippen molar-refractivity contribution in [3.8, 4) is 6.07 Å². The number of carbonyl (C=O) groups is 1. The lowest BCUT2D eigenvalue weighted by Gasteiger charge is -2.08. The maximum absolute atomic E-state index is 11.5. The number of nitrogens with one attached hydrogen (secondary N) is 2. The molecule has 78 valence electrons. The molecule has 0 aromatic carbocycles. The van der Waals surface area contributed by atoms with Crippen LogP contribution in [0.15, 0.2) is 23.0 Å². The number of aromatic amines is 1. The van der Waals surface area contributed by atoms with Crippen LogP contribution in [0.25, 0.3) is 0 Å². The lowest BCUT2D eigenvalue weighted by Crippen LogP contribution is -2.34. The zero-order valence-electron chi connectivity index (χ0n) is 8.28. The van der Waals surface area contributed by atoms with Gasteiger partial charge in [0.2, 0.25) is 5.56 Å². The molecule has 1 atom stereocenters. The molecule has 1 amide bonds. The van der Waals surface area contributed by atoms with Gasteiger partial charge in [-0.15, -0.1) is 0 Å². The summed E-state index contributed by atoms with van der Waals surface area (Å²) in [7, 11) is 0. The molecule has 0 aliphatic heterocycles. The third kappa shape index (κ3) is 2.95. The predicted octanol–water partition coefficient (Wildman–Crippen LogP) is 0.407. The Kier molecular flexibility index (Phi) is 3.63. The van der Waals surface area contributed by atoms with E-state index >= 15 is 0 Å². The highest BCUT2D eigenvalue weighted by atomic mass is 16.2. The van der Waals surface area contributed by atoms with Crippen LogP contribution in [0.2, 0.25) is 0 Å². The number of pyridine rings is 1. The SMILES string of the molecule is CCC(C#N)NC(=O)c1cccc(=O)[nH]1. The molecule has 0 bridgehead atoms. The number of hydrogen-bond donors (Lipinski definition) is 2. The summed E-state index contributed by atoms with van der Waals surface area (Å²) in [5, 5.41) is 11.1. The highest BCUT2D eigenvalue weighted by Gasteiger charge is 2.11. The Morgan fingerprint density at radius 3 is 2.93 bits per heavy atom. The molecule has 5 nitrogen and oxygen atoms in total. The standard InChI is InChI=1S/C10H11N3O2/c1-2-7(6-11)12-10(15)8-4-3-5-9(14)13-8/h3-5,7H,2H2,1H3,(H,12,15)(H,13,14). The second-order valence-corrected chi connectivity index (χ2v) is 2.99. The number of nitrogens with zero attached hydrogens (tertiary/aromatic N) is 1. The Morgan fingerprint density at radius 1 is 1.67 bits per heavy atom. The van der Waals surface area contributed by atoms with Gasteiger partial charge in [0, 0.05) is 6.07 Å². The third-order valence-corrected chi connectivity index (χ3v) is 1.88. The molecule has 5 heteroatoms. The number of carbonyl (C=O) groups excluding carboxylic acids is 1. The first-order chi connectivity index (χ1) is 7.17. The number of H-pyrrole nitrogens is 1. The van der Waals surface area contributed by atoms with Crippen molar-refractivity contribution in [1.29, 1.82) is 5.26 Å². The smallest absolute Gasteiger partial charge is 0.268 e. The Bertz CT molecular complexity index is 444. The zero-order valence-corrected chi connectivity index (χ0v) is 8.28. The summed E-state index contributed by atoms with van der Waals surface area (Å²) in [5.74, 6) is -0.443. The van der Waals surface area contributed by atoms with E-state index < -0.39 is 11.9 Å². The summed E-state index contributed by atoms with van der Waals surface area (Å²) in [4.78, 5) is 24.8. The van der Waals surface area contributed by atoms with E-state index in [2.05, 4.69) is 10.3 Å². The molecule has 1 heterocycles. The van der Waals surface area contributed by atoms with Crippen LogP contribution in [-0.2, 0) is 0 Å². The summed E-state index contributed by atoms with van der Waals surface area (Å²) >= 11 is 0. The summed E-state index contributed by atoms with van der Waals surface area (Å²) in [6, 6.07) is 5.71. The van der Waals surface area contributed by atoms with Gasteiger partial charge in [0.05, 0.1) is 6.07 Å². The van der Waals surface area contributed by atoms with Gasteiger partial charge in [-0.3, -0.25) is 9.59 Å². The van der Waals surface area contributed by atoms with Gasteiger partial charge in [0.15, 0.2) is 0 Å². The minimum absolute atomic E-state index is 0.163. The van der Waals surface area contributed by atoms with Crippen LogP contribution in [0, 0.1) is 11.3 Å². The molecule has 0 saturated carbocycles. The average Bonchev–Trinajstić information content (AvgIpc) is 2.25. The van der Waals surface area contributed by atoms with E-state index in [0.29, 0.717) is 6.42 Å². The van der Waals surface area contributed by atoms with Gasteiger partial charge in [-0.2, -0.15) is 5.26 Å². The summed E-state index contributed by atoms with van der Waals surface area (Å²) in [6.07, 6.45) is 0.527. The van der Waals surface area contributed by atoms with Crippen LogP contribution < -0.4 is 10.9 Å². The maximum atomic E-state index is 11.5. The first kappa shape index (κ1) is 11.0. The second-order valence-electron chi connectivity index (χ2n) is 2.99. The minimum Gasteiger partial charge on any atom is -0.335 e. The molecule has 0 aliphatic rings. The van der Waals surface area contributed by atoms with Gasteiger partial charge < -0.3 is 10.3 Å². The average molecular weight is 205 g/mol. The fraction of sp³-hybridized carbons (Fsp3) is 0.300. The van der Waals surface area contributed by atoms with Crippen LogP contribution in [0.3, 0.4) is 0 Å². The molecule has 15 heavy (non-hydrogen) atoms. The van der Waals surface area contributed by atoms with Gasteiger partial charge in [0.1, 0.15) is 11.7 Å². The first-order valence-electron chi connectivity index (χ1n) is 4.57. The van der Waals surface area contributed by atoms with Gasteiger partial charge in [0.25, 0.3) is 5.91 Å². The van der Waals surface area contributed by atoms with Crippen LogP contribution in [0.1, 0.15) is 23.8 Å². The van der Waals surface area contributed by atoms with Gasteiger partial charge >= 0.3 is 0 Å².